The van der Waals surface area contributed by atoms with Crippen LogP contribution in [0.1, 0.15) is 10.4 Å². The first kappa shape index (κ1) is 19.8. The van der Waals surface area contributed by atoms with Gasteiger partial charge in [0.1, 0.15) is 0 Å². The van der Waals surface area contributed by atoms with Crippen molar-refractivity contribution in [2.75, 3.05) is 26.3 Å². The Labute approximate surface area is 170 Å². The van der Waals surface area contributed by atoms with Gasteiger partial charge in [-0.1, -0.05) is 23.7 Å². The van der Waals surface area contributed by atoms with E-state index in [1.165, 1.54) is 0 Å². The number of hydrogen-bond acceptors (Lipinski definition) is 4. The number of aryl methyl sites for hydroxylation is 1. The zero-order valence-corrected chi connectivity index (χ0v) is 17.3. The third-order valence-electron chi connectivity index (χ3n) is 4.64. The molecule has 3 N–H and O–H groups in total. The molecule has 142 valence electrons. The van der Waals surface area contributed by atoms with Crippen LogP contribution in [0.4, 0.5) is 0 Å². The van der Waals surface area contributed by atoms with Crippen LogP contribution >= 0.6 is 27.5 Å². The monoisotopic (exact) mass is 450 g/mol. The van der Waals surface area contributed by atoms with Crippen LogP contribution in [0.3, 0.4) is 0 Å². The largest absolute Gasteiger partial charge is 0.378 e. The minimum absolute atomic E-state index is 0. The number of carbonyl (C=O) groups is 1. The first-order valence-electron chi connectivity index (χ1n) is 8.33. The Bertz CT molecular complexity index is 999. The van der Waals surface area contributed by atoms with Gasteiger partial charge in [0.25, 0.3) is 5.91 Å². The molecule has 0 atom stereocenters. The van der Waals surface area contributed by atoms with Crippen molar-refractivity contribution in [1.82, 2.24) is 20.6 Å². The molecule has 27 heavy (non-hydrogen) atoms. The second kappa shape index (κ2) is 7.98. The van der Waals surface area contributed by atoms with E-state index in [1.807, 2.05) is 47.0 Å². The van der Waals surface area contributed by atoms with E-state index in [2.05, 4.69) is 20.9 Å². The zero-order valence-electron chi connectivity index (χ0n) is 14.9. The van der Waals surface area contributed by atoms with Crippen molar-refractivity contribution in [1.29, 1.82) is 0 Å². The van der Waals surface area contributed by atoms with Crippen LogP contribution in [0.15, 0.2) is 41.1 Å². The Balaban J connectivity index is 0.00000210. The summed E-state index contributed by atoms with van der Waals surface area (Å²) in [6.07, 6.45) is 3.62. The topological polar surface area (TPSA) is 82.4 Å². The fourth-order valence-electron chi connectivity index (χ4n) is 3.31. The number of benzene rings is 1. The number of aromatic nitrogens is 2. The van der Waals surface area contributed by atoms with Crippen LogP contribution in [0.25, 0.3) is 22.2 Å². The molecule has 1 aromatic carbocycles. The highest BCUT2D eigenvalue weighted by Gasteiger charge is 2.24. The van der Waals surface area contributed by atoms with E-state index in [0.29, 0.717) is 36.9 Å². The second-order valence-corrected chi connectivity index (χ2v) is 7.42. The van der Waals surface area contributed by atoms with Crippen LogP contribution in [-0.4, -0.2) is 46.7 Å². The second-order valence-electron chi connectivity index (χ2n) is 6.22. The summed E-state index contributed by atoms with van der Waals surface area (Å²) in [4.78, 5) is 19.5. The molecular weight excluding hydrogens is 432 g/mol. The van der Waals surface area contributed by atoms with E-state index in [1.54, 1.807) is 6.20 Å². The molecule has 1 aliphatic rings. The Morgan fingerprint density at radius 3 is 2.74 bits per heavy atom. The highest BCUT2D eigenvalue weighted by molar-refractivity contribution is 9.10. The molecule has 1 aliphatic heterocycles. The van der Waals surface area contributed by atoms with Crippen LogP contribution in [0.5, 0.6) is 0 Å². The van der Waals surface area contributed by atoms with E-state index in [-0.39, 0.29) is 12.1 Å². The van der Waals surface area contributed by atoms with Crippen molar-refractivity contribution >= 4 is 44.3 Å². The van der Waals surface area contributed by atoms with Gasteiger partial charge in [0.2, 0.25) is 0 Å². The summed E-state index contributed by atoms with van der Waals surface area (Å²) < 4.78 is 8.11. The van der Waals surface area contributed by atoms with Gasteiger partial charge in [-0.25, -0.2) is 0 Å². The molecule has 1 amide bonds. The third-order valence-corrected chi connectivity index (χ3v) is 6.04. The number of carbonyl (C=O) groups excluding carboxylic acids is 1. The molecule has 1 saturated heterocycles. The molecular formula is C19H20BrClN4O2. The molecule has 4 rings (SSSR count). The van der Waals surface area contributed by atoms with Crippen molar-refractivity contribution in [3.63, 3.8) is 0 Å². The predicted octanol–water partition coefficient (Wildman–Crippen LogP) is 4.29. The van der Waals surface area contributed by atoms with Gasteiger partial charge < -0.3 is 20.4 Å². The molecule has 8 heteroatoms. The summed E-state index contributed by atoms with van der Waals surface area (Å²) in [5, 5.41) is 1.55. The lowest BCUT2D eigenvalue weighted by molar-refractivity contribution is 0.0303. The minimum atomic E-state index is -0.00990. The molecule has 6 nitrogen and oxygen atoms in total. The van der Waals surface area contributed by atoms with Gasteiger partial charge >= 0.3 is 0 Å². The lowest BCUT2D eigenvalue weighted by Crippen LogP contribution is -2.40. The average molecular weight is 452 g/mol. The van der Waals surface area contributed by atoms with Crippen molar-refractivity contribution in [2.45, 2.75) is 0 Å². The molecule has 0 radical (unpaired) electrons. The molecule has 1 fully saturated rings. The number of hydrogen-bond donors (Lipinski definition) is 1. The normalized spacial score (nSPS) is 14.3. The lowest BCUT2D eigenvalue weighted by Gasteiger charge is -2.27. The SMILES string of the molecule is Cn1ccc2c(-c3cccc(Cl)c3Br)ncc(C(=O)N3CCOCC3)c21.N. The molecule has 0 unspecified atom stereocenters. The van der Waals surface area contributed by atoms with Gasteiger partial charge in [-0.2, -0.15) is 0 Å². The highest BCUT2D eigenvalue weighted by atomic mass is 79.9. The number of halogens is 2. The Kier molecular flexibility index (Phi) is 5.86. The Morgan fingerprint density at radius 2 is 2.00 bits per heavy atom. The minimum Gasteiger partial charge on any atom is -0.378 e. The molecule has 0 bridgehead atoms. The number of morpholine rings is 1. The van der Waals surface area contributed by atoms with Gasteiger partial charge in [0, 0.05) is 48.0 Å². The quantitative estimate of drug-likeness (QED) is 0.630. The standard InChI is InChI=1S/C19H17BrClN3O2.H3N/c1-23-6-5-13-17(12-3-2-4-15(21)16(12)20)22-11-14(18(13)23)19(25)24-7-9-26-10-8-24;/h2-6,11H,7-10H2,1H3;1H3. The predicted molar refractivity (Wildman–Crippen MR) is 111 cm³/mol. The van der Waals surface area contributed by atoms with Gasteiger partial charge in [0.05, 0.1) is 35.0 Å². The van der Waals surface area contributed by atoms with E-state index >= 15 is 0 Å². The molecule has 3 heterocycles. The maximum atomic E-state index is 13.0. The van der Waals surface area contributed by atoms with Gasteiger partial charge in [-0.3, -0.25) is 9.78 Å². The van der Waals surface area contributed by atoms with Crippen LogP contribution in [0, 0.1) is 0 Å². The van der Waals surface area contributed by atoms with Crippen LogP contribution < -0.4 is 6.15 Å². The number of nitrogens with zero attached hydrogens (tertiary/aromatic N) is 3. The number of fused-ring (bicyclic) bond motifs is 1. The van der Waals surface area contributed by atoms with Gasteiger partial charge in [0.15, 0.2) is 0 Å². The molecule has 3 aromatic rings. The van der Waals surface area contributed by atoms with Crippen LogP contribution in [0.2, 0.25) is 5.02 Å². The van der Waals surface area contributed by atoms with E-state index in [4.69, 9.17) is 16.3 Å². The number of rotatable bonds is 2. The number of amides is 1. The van der Waals surface area contributed by atoms with E-state index < -0.39 is 0 Å². The van der Waals surface area contributed by atoms with E-state index in [0.717, 1.165) is 26.6 Å². The number of pyridine rings is 1. The summed E-state index contributed by atoms with van der Waals surface area (Å²) >= 11 is 9.80. The van der Waals surface area contributed by atoms with Crippen molar-refractivity contribution in [2.24, 2.45) is 7.05 Å². The fourth-order valence-corrected chi connectivity index (χ4v) is 3.94. The van der Waals surface area contributed by atoms with Crippen LogP contribution in [-0.2, 0) is 11.8 Å². The third kappa shape index (κ3) is 3.48. The highest BCUT2D eigenvalue weighted by Crippen LogP contribution is 2.37. The Hall–Kier alpha value is -1.93. The maximum absolute atomic E-state index is 13.0. The molecule has 2 aromatic heterocycles. The van der Waals surface area contributed by atoms with Gasteiger partial charge in [-0.05, 0) is 28.1 Å². The summed E-state index contributed by atoms with van der Waals surface area (Å²) in [6, 6.07) is 7.68. The van der Waals surface area contributed by atoms with E-state index in [9.17, 15) is 4.79 Å². The average Bonchev–Trinajstić information content (AvgIpc) is 3.06. The van der Waals surface area contributed by atoms with Crippen molar-refractivity contribution < 1.29 is 9.53 Å². The lowest BCUT2D eigenvalue weighted by atomic mass is 10.1. The first-order valence-corrected chi connectivity index (χ1v) is 9.50. The van der Waals surface area contributed by atoms with Gasteiger partial charge in [-0.15, -0.1) is 0 Å². The summed E-state index contributed by atoms with van der Waals surface area (Å²) in [6.45, 7) is 2.35. The van der Waals surface area contributed by atoms with Crippen molar-refractivity contribution in [3.8, 4) is 11.3 Å². The molecule has 0 saturated carbocycles. The smallest absolute Gasteiger partial charge is 0.257 e. The van der Waals surface area contributed by atoms with Crippen molar-refractivity contribution in [3.05, 3.63) is 51.7 Å². The first-order chi connectivity index (χ1) is 12.6. The molecule has 0 spiro atoms. The summed E-state index contributed by atoms with van der Waals surface area (Å²) in [7, 11) is 1.94. The summed E-state index contributed by atoms with van der Waals surface area (Å²) in [5.74, 6) is -0.00990. The fraction of sp³-hybridized carbons (Fsp3) is 0.263. The summed E-state index contributed by atoms with van der Waals surface area (Å²) in [5.41, 5.74) is 3.18. The zero-order chi connectivity index (χ0) is 18.3. The Morgan fingerprint density at radius 1 is 1.26 bits per heavy atom. The number of ether oxygens (including phenoxy) is 1. The maximum Gasteiger partial charge on any atom is 0.257 e. The molecule has 0 aliphatic carbocycles.